The summed E-state index contributed by atoms with van der Waals surface area (Å²) in [6, 6.07) is 4.99. The highest BCUT2D eigenvalue weighted by atomic mass is 16.5. The number of carbonyl (C=O) groups is 1. The number of ether oxygens (including phenoxy) is 1. The third-order valence-electron chi connectivity index (χ3n) is 11.8. The quantitative estimate of drug-likeness (QED) is 0.201. The zero-order valence-electron chi connectivity index (χ0n) is 26.5. The molecule has 9 atom stereocenters. The maximum atomic E-state index is 12.9. The minimum absolute atomic E-state index is 0.0409. The van der Waals surface area contributed by atoms with Crippen molar-refractivity contribution in [3.05, 3.63) is 35.9 Å². The molecular formula is C36H58N2O2. The highest BCUT2D eigenvalue weighted by Crippen LogP contribution is 2.67. The number of benzene rings is 1. The Labute approximate surface area is 245 Å². The van der Waals surface area contributed by atoms with Crippen molar-refractivity contribution >= 4 is 17.3 Å². The van der Waals surface area contributed by atoms with Crippen molar-refractivity contribution in [3.63, 3.8) is 0 Å². The van der Waals surface area contributed by atoms with Gasteiger partial charge in [-0.05, 0) is 115 Å². The zero-order valence-corrected chi connectivity index (χ0v) is 26.5. The summed E-state index contributed by atoms with van der Waals surface area (Å²) in [6.07, 6.45) is 17.9. The number of rotatable bonds is 7. The van der Waals surface area contributed by atoms with Crippen LogP contribution in [0.4, 0.5) is 11.4 Å². The van der Waals surface area contributed by atoms with Crippen LogP contribution in [-0.2, 0) is 4.74 Å². The number of nitrogens with two attached hydrogens (primary N) is 2. The van der Waals surface area contributed by atoms with Gasteiger partial charge in [0.15, 0.2) is 0 Å². The molecular weight excluding hydrogens is 492 g/mol. The van der Waals surface area contributed by atoms with Crippen LogP contribution in [0.15, 0.2) is 30.4 Å². The summed E-state index contributed by atoms with van der Waals surface area (Å²) in [6.45, 7) is 16.5. The highest BCUT2D eigenvalue weighted by molar-refractivity contribution is 5.91. The molecule has 4 N–H and O–H groups in total. The predicted molar refractivity (Wildman–Crippen MR) is 169 cm³/mol. The Bertz CT molecular complexity index is 1030. The first kappa shape index (κ1) is 31.0. The summed E-state index contributed by atoms with van der Waals surface area (Å²) >= 11 is 0. The first-order chi connectivity index (χ1) is 19.0. The van der Waals surface area contributed by atoms with Crippen LogP contribution in [0.2, 0.25) is 0 Å². The molecule has 9 unspecified atom stereocenters. The summed E-state index contributed by atoms with van der Waals surface area (Å²) in [4.78, 5) is 12.9. The van der Waals surface area contributed by atoms with Crippen molar-refractivity contribution in [1.29, 1.82) is 0 Å². The third-order valence-corrected chi connectivity index (χ3v) is 11.8. The highest BCUT2D eigenvalue weighted by Gasteiger charge is 2.59. The van der Waals surface area contributed by atoms with Crippen LogP contribution in [0.5, 0.6) is 0 Å². The van der Waals surface area contributed by atoms with E-state index in [0.29, 0.717) is 33.7 Å². The van der Waals surface area contributed by atoms with Gasteiger partial charge in [0.1, 0.15) is 6.10 Å². The van der Waals surface area contributed by atoms with Gasteiger partial charge in [0.25, 0.3) is 0 Å². The number of carbonyl (C=O) groups excluding carboxylic acids is 1. The molecule has 0 aliphatic heterocycles. The van der Waals surface area contributed by atoms with Gasteiger partial charge in [0.2, 0.25) is 0 Å². The second-order valence-corrected chi connectivity index (χ2v) is 14.5. The first-order valence-electron chi connectivity index (χ1n) is 16.6. The SMILES string of the molecule is CC.CC(C)CCCC(C)C1CCC2C3C=CC4CC(OC(=O)c5cc(N)cc(N)c5)CCC4(C)C3CCC12C. The summed E-state index contributed by atoms with van der Waals surface area (Å²) < 4.78 is 6.01. The van der Waals surface area contributed by atoms with Crippen LogP contribution in [0, 0.1) is 52.3 Å². The van der Waals surface area contributed by atoms with E-state index in [4.69, 9.17) is 16.2 Å². The Morgan fingerprint density at radius 2 is 1.55 bits per heavy atom. The standard InChI is InChI=1S/C34H52N2O2.C2H6/c1-21(2)7-6-8-22(3)29-11-12-30-28-10-9-24-19-27(38-32(37)23-17-25(35)20-26(36)18-23)13-15-33(24,4)31(28)14-16-34(29,30)5;1-2/h9-10,17-18,20-22,24,27-31H,6-8,11-16,19,35-36H2,1-5H3;1-2H3. The van der Waals surface area contributed by atoms with E-state index in [1.807, 2.05) is 13.8 Å². The van der Waals surface area contributed by atoms with Crippen LogP contribution in [0.25, 0.3) is 0 Å². The van der Waals surface area contributed by atoms with Crippen molar-refractivity contribution in [2.75, 3.05) is 11.5 Å². The molecule has 0 aromatic heterocycles. The van der Waals surface area contributed by atoms with E-state index in [0.717, 1.165) is 54.8 Å². The van der Waals surface area contributed by atoms with Gasteiger partial charge in [-0.3, -0.25) is 0 Å². The Morgan fingerprint density at radius 3 is 2.23 bits per heavy atom. The van der Waals surface area contributed by atoms with Crippen LogP contribution in [0.3, 0.4) is 0 Å². The largest absolute Gasteiger partial charge is 0.459 e. The lowest BCUT2D eigenvalue weighted by molar-refractivity contribution is -0.0844. The lowest BCUT2D eigenvalue weighted by Crippen LogP contribution is -2.52. The summed E-state index contributed by atoms with van der Waals surface area (Å²) in [7, 11) is 0. The first-order valence-corrected chi connectivity index (χ1v) is 16.6. The molecule has 0 heterocycles. The minimum Gasteiger partial charge on any atom is -0.459 e. The normalized spacial score (nSPS) is 37.0. The van der Waals surface area contributed by atoms with Crippen molar-refractivity contribution < 1.29 is 9.53 Å². The number of hydrogen-bond acceptors (Lipinski definition) is 4. The van der Waals surface area contributed by atoms with Crippen molar-refractivity contribution in [3.8, 4) is 0 Å². The average molecular weight is 551 g/mol. The molecule has 3 fully saturated rings. The third kappa shape index (κ3) is 5.97. The monoisotopic (exact) mass is 550 g/mol. The van der Waals surface area contributed by atoms with Gasteiger partial charge in [-0.2, -0.15) is 0 Å². The molecule has 0 spiro atoms. The molecule has 4 aliphatic rings. The van der Waals surface area contributed by atoms with E-state index >= 15 is 0 Å². The Hall–Kier alpha value is -1.97. The molecule has 0 amide bonds. The maximum Gasteiger partial charge on any atom is 0.338 e. The Kier molecular flexibility index (Phi) is 9.67. The number of fused-ring (bicyclic) bond motifs is 5. The van der Waals surface area contributed by atoms with Crippen molar-refractivity contribution in [2.24, 2.45) is 52.3 Å². The minimum atomic E-state index is -0.303. The molecule has 1 aromatic rings. The van der Waals surface area contributed by atoms with Crippen molar-refractivity contribution in [2.45, 2.75) is 119 Å². The molecule has 4 heteroatoms. The number of nitrogen functional groups attached to an aromatic ring is 2. The van der Waals surface area contributed by atoms with E-state index in [9.17, 15) is 4.79 Å². The second-order valence-electron chi connectivity index (χ2n) is 14.5. The molecule has 4 aliphatic carbocycles. The summed E-state index contributed by atoms with van der Waals surface area (Å²) in [5.41, 5.74) is 14.1. The number of anilines is 2. The lowest BCUT2D eigenvalue weighted by Gasteiger charge is -2.59. The van der Waals surface area contributed by atoms with Crippen LogP contribution < -0.4 is 11.5 Å². The van der Waals surface area contributed by atoms with E-state index < -0.39 is 0 Å². The number of allylic oxidation sites excluding steroid dienone is 2. The number of hydrogen-bond donors (Lipinski definition) is 2. The van der Waals surface area contributed by atoms with Gasteiger partial charge in [-0.25, -0.2) is 4.79 Å². The van der Waals surface area contributed by atoms with Crippen LogP contribution in [-0.4, -0.2) is 12.1 Å². The summed E-state index contributed by atoms with van der Waals surface area (Å²) in [5.74, 6) is 5.04. The second kappa shape index (κ2) is 12.5. The molecule has 0 radical (unpaired) electrons. The van der Waals surface area contributed by atoms with Crippen molar-refractivity contribution in [1.82, 2.24) is 0 Å². The van der Waals surface area contributed by atoms with E-state index in [2.05, 4.69) is 46.8 Å². The molecule has 40 heavy (non-hydrogen) atoms. The smallest absolute Gasteiger partial charge is 0.338 e. The van der Waals surface area contributed by atoms with Gasteiger partial charge in [-0.15, -0.1) is 0 Å². The van der Waals surface area contributed by atoms with Gasteiger partial charge in [-0.1, -0.05) is 79.9 Å². The van der Waals surface area contributed by atoms with Gasteiger partial charge in [0.05, 0.1) is 5.56 Å². The van der Waals surface area contributed by atoms with Crippen LogP contribution in [0.1, 0.15) is 123 Å². The fraction of sp³-hybridized carbons (Fsp3) is 0.750. The Morgan fingerprint density at radius 1 is 0.900 bits per heavy atom. The molecule has 0 saturated heterocycles. The van der Waals surface area contributed by atoms with E-state index in [-0.39, 0.29) is 12.1 Å². The molecule has 224 valence electrons. The maximum absolute atomic E-state index is 12.9. The molecule has 3 saturated carbocycles. The number of esters is 1. The average Bonchev–Trinajstić information content (AvgIpc) is 3.26. The Balaban J connectivity index is 0.00000181. The molecule has 5 rings (SSSR count). The van der Waals surface area contributed by atoms with E-state index in [1.54, 1.807) is 18.2 Å². The lowest BCUT2D eigenvalue weighted by atomic mass is 9.46. The predicted octanol–water partition coefficient (Wildman–Crippen LogP) is 9.30. The molecule has 4 nitrogen and oxygen atoms in total. The van der Waals surface area contributed by atoms with Gasteiger partial charge in [0, 0.05) is 11.4 Å². The molecule has 1 aromatic carbocycles. The zero-order chi connectivity index (χ0) is 29.2. The molecule has 0 bridgehead atoms. The fourth-order valence-corrected chi connectivity index (χ4v) is 9.73. The van der Waals surface area contributed by atoms with Gasteiger partial charge >= 0.3 is 5.97 Å². The van der Waals surface area contributed by atoms with Crippen LogP contribution >= 0.6 is 0 Å². The fourth-order valence-electron chi connectivity index (χ4n) is 9.73. The van der Waals surface area contributed by atoms with E-state index in [1.165, 1.54) is 44.9 Å². The topological polar surface area (TPSA) is 78.3 Å². The summed E-state index contributed by atoms with van der Waals surface area (Å²) in [5, 5.41) is 0. The van der Waals surface area contributed by atoms with Gasteiger partial charge < -0.3 is 16.2 Å².